The topological polar surface area (TPSA) is 62.4 Å². The number of nitrogens with zero attached hydrogens (tertiary/aromatic N) is 3. The molecular formula is C17H19N3O2S. The predicted molar refractivity (Wildman–Crippen MR) is 90.8 cm³/mol. The first-order chi connectivity index (χ1) is 11.2. The van der Waals surface area contributed by atoms with Crippen LogP contribution in [0.2, 0.25) is 0 Å². The largest absolute Gasteiger partial charge is 0.467 e. The number of fused-ring (bicyclic) bond motifs is 1. The van der Waals surface area contributed by atoms with Gasteiger partial charge in [0.1, 0.15) is 24.0 Å². The molecule has 4 rings (SSSR count). The molecule has 1 aliphatic heterocycles. The third kappa shape index (κ3) is 2.62. The lowest BCUT2D eigenvalue weighted by Gasteiger charge is -2.27. The Labute approximate surface area is 138 Å². The zero-order chi connectivity index (χ0) is 15.8. The number of hydrogen-bond donors (Lipinski definition) is 1. The maximum Gasteiger partial charge on any atom is 0.150 e. The lowest BCUT2D eigenvalue weighted by atomic mass is 10.1. The second-order valence-corrected chi connectivity index (χ2v) is 6.93. The first-order valence-corrected chi connectivity index (χ1v) is 8.79. The zero-order valence-corrected chi connectivity index (χ0v) is 13.8. The summed E-state index contributed by atoms with van der Waals surface area (Å²) in [7, 11) is 0. The second-order valence-electron chi connectivity index (χ2n) is 6.05. The molecule has 1 saturated heterocycles. The molecule has 0 aliphatic carbocycles. The van der Waals surface area contributed by atoms with Gasteiger partial charge in [0.05, 0.1) is 16.5 Å². The van der Waals surface area contributed by atoms with E-state index in [1.54, 1.807) is 23.9 Å². The van der Waals surface area contributed by atoms with Crippen molar-refractivity contribution in [2.45, 2.75) is 38.3 Å². The van der Waals surface area contributed by atoms with Gasteiger partial charge in [0, 0.05) is 19.0 Å². The van der Waals surface area contributed by atoms with Crippen LogP contribution in [0.15, 0.2) is 34.5 Å². The van der Waals surface area contributed by atoms with Crippen LogP contribution in [0.25, 0.3) is 10.2 Å². The highest BCUT2D eigenvalue weighted by Crippen LogP contribution is 2.36. The number of furan rings is 1. The predicted octanol–water partition coefficient (Wildman–Crippen LogP) is 3.69. The van der Waals surface area contributed by atoms with Crippen LogP contribution in [-0.4, -0.2) is 27.7 Å². The van der Waals surface area contributed by atoms with Crippen LogP contribution in [0.1, 0.15) is 36.7 Å². The molecule has 0 aromatic carbocycles. The van der Waals surface area contributed by atoms with Crippen LogP contribution in [0.4, 0.5) is 5.82 Å². The molecule has 0 spiro atoms. The van der Waals surface area contributed by atoms with Crippen molar-refractivity contribution < 1.29 is 9.52 Å². The molecule has 0 radical (unpaired) electrons. The molecular weight excluding hydrogens is 310 g/mol. The Kier molecular flexibility index (Phi) is 3.79. The van der Waals surface area contributed by atoms with E-state index in [9.17, 15) is 5.11 Å². The van der Waals surface area contributed by atoms with Crippen LogP contribution < -0.4 is 4.90 Å². The normalized spacial score (nSPS) is 19.6. The minimum Gasteiger partial charge on any atom is -0.467 e. The highest BCUT2D eigenvalue weighted by atomic mass is 32.1. The van der Waals surface area contributed by atoms with E-state index >= 15 is 0 Å². The lowest BCUT2D eigenvalue weighted by molar-refractivity contribution is 0.132. The Morgan fingerprint density at radius 1 is 1.48 bits per heavy atom. The highest BCUT2D eigenvalue weighted by Gasteiger charge is 2.30. The second kappa shape index (κ2) is 5.94. The molecule has 5 nitrogen and oxygen atoms in total. The van der Waals surface area contributed by atoms with Crippen LogP contribution in [0.5, 0.6) is 0 Å². The van der Waals surface area contributed by atoms with Gasteiger partial charge in [0.25, 0.3) is 0 Å². The number of thiophene rings is 1. The molecule has 2 atom stereocenters. The molecule has 4 heterocycles. The van der Waals surface area contributed by atoms with Crippen molar-refractivity contribution >= 4 is 27.4 Å². The van der Waals surface area contributed by atoms with Crippen molar-refractivity contribution in [2.24, 2.45) is 0 Å². The Morgan fingerprint density at radius 3 is 3.22 bits per heavy atom. The van der Waals surface area contributed by atoms with Gasteiger partial charge in [-0.05, 0) is 42.8 Å². The first-order valence-electron chi connectivity index (χ1n) is 7.91. The quantitative estimate of drug-likeness (QED) is 0.791. The maximum absolute atomic E-state index is 10.4. The van der Waals surface area contributed by atoms with E-state index in [0.717, 1.165) is 35.4 Å². The zero-order valence-electron chi connectivity index (χ0n) is 13.0. The molecule has 0 saturated carbocycles. The third-order valence-corrected chi connectivity index (χ3v) is 5.61. The summed E-state index contributed by atoms with van der Waals surface area (Å²) in [6.45, 7) is 3.05. The summed E-state index contributed by atoms with van der Waals surface area (Å²) in [5, 5.41) is 12.5. The summed E-state index contributed by atoms with van der Waals surface area (Å²) in [5.41, 5.74) is 2.23. The van der Waals surface area contributed by atoms with Crippen molar-refractivity contribution in [3.05, 3.63) is 41.4 Å². The molecule has 3 aromatic rings. The molecule has 3 aromatic heterocycles. The fraction of sp³-hybridized carbons (Fsp3) is 0.412. The molecule has 2 unspecified atom stereocenters. The molecule has 1 fully saturated rings. The molecule has 6 heteroatoms. The summed E-state index contributed by atoms with van der Waals surface area (Å²) in [6.07, 6.45) is 5.52. The van der Waals surface area contributed by atoms with E-state index in [1.165, 1.54) is 5.56 Å². The lowest BCUT2D eigenvalue weighted by Crippen LogP contribution is -2.31. The summed E-state index contributed by atoms with van der Waals surface area (Å²) >= 11 is 1.70. The van der Waals surface area contributed by atoms with E-state index in [1.807, 2.05) is 12.1 Å². The molecule has 0 amide bonds. The van der Waals surface area contributed by atoms with Gasteiger partial charge in [-0.2, -0.15) is 0 Å². The third-order valence-electron chi connectivity index (χ3n) is 4.53. The van der Waals surface area contributed by atoms with Crippen LogP contribution in [0, 0.1) is 6.92 Å². The molecule has 23 heavy (non-hydrogen) atoms. The van der Waals surface area contributed by atoms with Crippen LogP contribution in [0.3, 0.4) is 0 Å². The fourth-order valence-electron chi connectivity index (χ4n) is 3.38. The Hall–Kier alpha value is -1.92. The molecule has 120 valence electrons. The van der Waals surface area contributed by atoms with Gasteiger partial charge in [0.15, 0.2) is 0 Å². The number of aliphatic hydroxyl groups excluding tert-OH is 1. The maximum atomic E-state index is 10.4. The van der Waals surface area contributed by atoms with E-state index in [4.69, 9.17) is 4.42 Å². The van der Waals surface area contributed by atoms with Gasteiger partial charge in [-0.1, -0.05) is 0 Å². The number of hydrogen-bond acceptors (Lipinski definition) is 6. The summed E-state index contributed by atoms with van der Waals surface area (Å²) in [4.78, 5) is 11.3. The minimum atomic E-state index is -0.571. The number of aromatic nitrogens is 2. The Balaban J connectivity index is 1.62. The smallest absolute Gasteiger partial charge is 0.150 e. The van der Waals surface area contributed by atoms with Crippen LogP contribution in [-0.2, 0) is 0 Å². The van der Waals surface area contributed by atoms with E-state index in [-0.39, 0.29) is 6.04 Å². The summed E-state index contributed by atoms with van der Waals surface area (Å²) in [5.74, 6) is 1.64. The van der Waals surface area contributed by atoms with Crippen molar-refractivity contribution in [3.8, 4) is 0 Å². The van der Waals surface area contributed by atoms with Crippen molar-refractivity contribution in [1.82, 2.24) is 9.97 Å². The van der Waals surface area contributed by atoms with Gasteiger partial charge in [0.2, 0.25) is 0 Å². The van der Waals surface area contributed by atoms with Crippen molar-refractivity contribution in [1.29, 1.82) is 0 Å². The Morgan fingerprint density at radius 2 is 2.39 bits per heavy atom. The van der Waals surface area contributed by atoms with Gasteiger partial charge >= 0.3 is 0 Å². The monoisotopic (exact) mass is 329 g/mol. The first kappa shape index (κ1) is 14.7. The minimum absolute atomic E-state index is 0.274. The number of aliphatic hydroxyl groups is 1. The van der Waals surface area contributed by atoms with Gasteiger partial charge < -0.3 is 14.4 Å². The summed E-state index contributed by atoms with van der Waals surface area (Å²) < 4.78 is 6.47. The summed E-state index contributed by atoms with van der Waals surface area (Å²) in [6, 6.07) is 3.92. The standard InChI is InChI=1S/C17H19N3O2S/c1-11-9-23-16-15(11)18-10-19-17(16)20-6-2-4-12(20)8-13(21)14-5-3-7-22-14/h3,5,7,9-10,12-13,21H,2,4,6,8H2,1H3. The van der Waals surface area contributed by atoms with Gasteiger partial charge in [-0.3, -0.25) is 0 Å². The number of anilines is 1. The average molecular weight is 329 g/mol. The molecule has 1 aliphatic rings. The Bertz CT molecular complexity index is 799. The van der Waals surface area contributed by atoms with E-state index in [0.29, 0.717) is 12.2 Å². The number of rotatable bonds is 4. The SMILES string of the molecule is Cc1csc2c(N3CCCC3CC(O)c3ccco3)ncnc12. The van der Waals surface area contributed by atoms with E-state index < -0.39 is 6.10 Å². The molecule has 0 bridgehead atoms. The van der Waals surface area contributed by atoms with Crippen molar-refractivity contribution in [2.75, 3.05) is 11.4 Å². The van der Waals surface area contributed by atoms with E-state index in [2.05, 4.69) is 27.2 Å². The van der Waals surface area contributed by atoms with Gasteiger partial charge in [-0.25, -0.2) is 9.97 Å². The number of aryl methyl sites for hydroxylation is 1. The van der Waals surface area contributed by atoms with Gasteiger partial charge in [-0.15, -0.1) is 11.3 Å². The molecule has 1 N–H and O–H groups in total. The fourth-order valence-corrected chi connectivity index (χ4v) is 4.38. The average Bonchev–Trinajstić information content (AvgIpc) is 3.28. The van der Waals surface area contributed by atoms with Crippen LogP contribution >= 0.6 is 11.3 Å². The van der Waals surface area contributed by atoms with Crippen molar-refractivity contribution in [3.63, 3.8) is 0 Å². The highest BCUT2D eigenvalue weighted by molar-refractivity contribution is 7.18.